The van der Waals surface area contributed by atoms with E-state index in [0.717, 1.165) is 42.0 Å². The summed E-state index contributed by atoms with van der Waals surface area (Å²) in [5, 5.41) is 10.4. The Morgan fingerprint density at radius 3 is 2.65 bits per heavy atom. The molecule has 9 nitrogen and oxygen atoms in total. The number of ether oxygens (including phenoxy) is 1. The van der Waals surface area contributed by atoms with Crippen LogP contribution in [0.1, 0.15) is 47.3 Å². The van der Waals surface area contributed by atoms with Crippen LogP contribution in [0.3, 0.4) is 0 Å². The van der Waals surface area contributed by atoms with Gasteiger partial charge >= 0.3 is 0 Å². The van der Waals surface area contributed by atoms with Crippen LogP contribution in [0.15, 0.2) is 79.2 Å². The predicted octanol–water partition coefficient (Wildman–Crippen LogP) is 5.13. The molecule has 1 amide bonds. The zero-order valence-electron chi connectivity index (χ0n) is 26.9. The van der Waals surface area contributed by atoms with Crippen molar-refractivity contribution in [2.75, 3.05) is 34.3 Å². The third-order valence-corrected chi connectivity index (χ3v) is 11.3. The molecule has 2 aromatic carbocycles. The van der Waals surface area contributed by atoms with Crippen LogP contribution in [0.2, 0.25) is 0 Å². The Balaban J connectivity index is 1.38. The molecule has 0 saturated carbocycles. The summed E-state index contributed by atoms with van der Waals surface area (Å²) >= 11 is 0. The van der Waals surface area contributed by atoms with Gasteiger partial charge in [0.1, 0.15) is 10.5 Å². The SMILES string of the molecule is COc1cc(C2=C[C@](C)(S(=O)(=O)n3cc(-c4ccc(C(=O)N(C)CC(C)O)cc4)c4cccnc43)CC=C2)cc2c1CN(C)CC2. The topological polar surface area (TPSA) is 105 Å². The number of fused-ring (bicyclic) bond motifs is 2. The van der Waals surface area contributed by atoms with Gasteiger partial charge in [0.05, 0.1) is 13.2 Å². The van der Waals surface area contributed by atoms with Crippen LogP contribution >= 0.6 is 0 Å². The van der Waals surface area contributed by atoms with Crippen molar-refractivity contribution in [3.05, 3.63) is 101 Å². The number of carbonyl (C=O) groups is 1. The first-order valence-electron chi connectivity index (χ1n) is 15.4. The van der Waals surface area contributed by atoms with Crippen LogP contribution in [0.5, 0.6) is 5.75 Å². The highest BCUT2D eigenvalue weighted by molar-refractivity contribution is 7.91. The zero-order valence-corrected chi connectivity index (χ0v) is 27.7. The van der Waals surface area contributed by atoms with E-state index in [1.165, 1.54) is 20.0 Å². The average Bonchev–Trinajstić information content (AvgIpc) is 3.44. The molecule has 0 spiro atoms. The first kappa shape index (κ1) is 31.7. The number of benzene rings is 2. The summed E-state index contributed by atoms with van der Waals surface area (Å²) in [6.45, 7) is 5.38. The first-order chi connectivity index (χ1) is 21.9. The maximum atomic E-state index is 14.6. The molecule has 1 N–H and O–H groups in total. The van der Waals surface area contributed by atoms with Crippen molar-refractivity contribution in [3.8, 4) is 16.9 Å². The van der Waals surface area contributed by atoms with E-state index < -0.39 is 20.9 Å². The minimum absolute atomic E-state index is 0.205. The van der Waals surface area contributed by atoms with E-state index in [2.05, 4.69) is 23.0 Å². The van der Waals surface area contributed by atoms with Crippen molar-refractivity contribution in [2.24, 2.45) is 0 Å². The molecule has 3 heterocycles. The molecular weight excluding hydrogens is 600 g/mol. The monoisotopic (exact) mass is 640 g/mol. The number of methoxy groups -OCH3 is 1. The number of likely N-dealkylation sites (N-methyl/N-ethyl adjacent to an activating group) is 2. The third-order valence-electron chi connectivity index (χ3n) is 9.03. The Morgan fingerprint density at radius 2 is 1.93 bits per heavy atom. The molecule has 0 fully saturated rings. The molecule has 2 atom stereocenters. The number of hydrogen-bond donors (Lipinski definition) is 1. The van der Waals surface area contributed by atoms with Crippen LogP contribution in [0.4, 0.5) is 0 Å². The van der Waals surface area contributed by atoms with Crippen LogP contribution in [-0.4, -0.2) is 83.3 Å². The molecule has 0 radical (unpaired) electrons. The Labute approximate surface area is 270 Å². The summed E-state index contributed by atoms with van der Waals surface area (Å²) in [5.74, 6) is 0.611. The highest BCUT2D eigenvalue weighted by atomic mass is 32.2. The molecule has 4 aromatic rings. The number of aromatic nitrogens is 2. The number of aliphatic hydroxyl groups is 1. The zero-order chi connectivity index (χ0) is 32.8. The molecule has 1 unspecified atom stereocenters. The van der Waals surface area contributed by atoms with Gasteiger partial charge in [0, 0.05) is 61.2 Å². The van der Waals surface area contributed by atoms with E-state index in [4.69, 9.17) is 4.74 Å². The second-order valence-corrected chi connectivity index (χ2v) is 14.9. The van der Waals surface area contributed by atoms with Gasteiger partial charge in [0.2, 0.25) is 10.0 Å². The highest BCUT2D eigenvalue weighted by Gasteiger charge is 2.41. The van der Waals surface area contributed by atoms with E-state index in [1.54, 1.807) is 58.6 Å². The van der Waals surface area contributed by atoms with Crippen molar-refractivity contribution in [1.82, 2.24) is 18.8 Å². The molecule has 1 aliphatic heterocycles. The molecular formula is C36H40N4O5S. The van der Waals surface area contributed by atoms with Gasteiger partial charge in [-0.2, -0.15) is 0 Å². The minimum Gasteiger partial charge on any atom is -0.496 e. The molecule has 1 aliphatic carbocycles. The van der Waals surface area contributed by atoms with Crippen LogP contribution < -0.4 is 4.74 Å². The summed E-state index contributed by atoms with van der Waals surface area (Å²) in [5.41, 5.74) is 6.46. The van der Waals surface area contributed by atoms with E-state index >= 15 is 0 Å². The van der Waals surface area contributed by atoms with Crippen molar-refractivity contribution in [3.63, 3.8) is 0 Å². The van der Waals surface area contributed by atoms with Crippen molar-refractivity contribution in [1.29, 1.82) is 0 Å². The van der Waals surface area contributed by atoms with Gasteiger partial charge in [-0.3, -0.25) is 4.79 Å². The van der Waals surface area contributed by atoms with Gasteiger partial charge in [-0.05, 0) is 86.3 Å². The molecule has 2 aromatic heterocycles. The lowest BCUT2D eigenvalue weighted by atomic mass is 9.89. The fraction of sp³-hybridized carbons (Fsp3) is 0.333. The fourth-order valence-electron chi connectivity index (χ4n) is 6.49. The molecule has 240 valence electrons. The predicted molar refractivity (Wildman–Crippen MR) is 181 cm³/mol. The molecule has 10 heteroatoms. The number of aliphatic hydroxyl groups excluding tert-OH is 1. The van der Waals surface area contributed by atoms with Gasteiger partial charge in [-0.25, -0.2) is 17.4 Å². The number of rotatable bonds is 8. The van der Waals surface area contributed by atoms with Crippen LogP contribution in [-0.2, 0) is 23.0 Å². The molecule has 0 bridgehead atoms. The smallest absolute Gasteiger partial charge is 0.253 e. The number of amides is 1. The second kappa shape index (κ2) is 12.2. The molecule has 6 rings (SSSR count). The minimum atomic E-state index is -4.00. The van der Waals surface area contributed by atoms with Crippen molar-refractivity contribution < 1.29 is 23.1 Å². The quantitative estimate of drug-likeness (QED) is 0.285. The Morgan fingerprint density at radius 1 is 1.17 bits per heavy atom. The van der Waals surface area contributed by atoms with E-state index in [9.17, 15) is 18.3 Å². The Kier molecular flexibility index (Phi) is 8.39. The summed E-state index contributed by atoms with van der Waals surface area (Å²) in [7, 11) is 1.43. The number of carbonyl (C=O) groups excluding carboxylic acids is 1. The van der Waals surface area contributed by atoms with Gasteiger partial charge in [0.15, 0.2) is 5.65 Å². The molecule has 0 saturated heterocycles. The third kappa shape index (κ3) is 5.65. The number of hydrogen-bond acceptors (Lipinski definition) is 7. The first-order valence-corrected chi connectivity index (χ1v) is 16.9. The maximum absolute atomic E-state index is 14.6. The van der Waals surface area contributed by atoms with Gasteiger partial charge in [-0.15, -0.1) is 0 Å². The lowest BCUT2D eigenvalue weighted by Gasteiger charge is -2.30. The van der Waals surface area contributed by atoms with Crippen molar-refractivity contribution in [2.45, 2.75) is 44.1 Å². The highest BCUT2D eigenvalue weighted by Crippen LogP contribution is 2.40. The Bertz CT molecular complexity index is 1960. The van der Waals surface area contributed by atoms with Gasteiger partial charge in [-0.1, -0.05) is 36.4 Å². The van der Waals surface area contributed by atoms with E-state index in [1.807, 2.05) is 42.5 Å². The number of pyridine rings is 1. The van der Waals surface area contributed by atoms with Crippen LogP contribution in [0.25, 0.3) is 27.7 Å². The Hall–Kier alpha value is -4.25. The van der Waals surface area contributed by atoms with E-state index in [-0.39, 0.29) is 12.5 Å². The largest absolute Gasteiger partial charge is 0.496 e. The average molecular weight is 641 g/mol. The lowest BCUT2D eigenvalue weighted by Crippen LogP contribution is -2.38. The molecule has 2 aliphatic rings. The fourth-order valence-corrected chi connectivity index (χ4v) is 8.14. The standard InChI is InChI=1S/C36H40N4O5S/c1-24(41)21-39(4)35(42)26-12-10-25(11-13-26)31-23-40(34-30(31)9-7-16-37-34)46(43,44)36(2)15-6-8-28(20-36)29-18-27-14-17-38(3)22-32(27)33(19-29)45-5/h6-13,16,18-20,23-24,41H,14-15,17,21-22H2,1-5H3/t24?,36-/m1/s1. The summed E-state index contributed by atoms with van der Waals surface area (Å²) < 4.78 is 35.0. The summed E-state index contributed by atoms with van der Waals surface area (Å²) in [6.07, 6.45) is 9.59. The summed E-state index contributed by atoms with van der Waals surface area (Å²) in [4.78, 5) is 21.1. The maximum Gasteiger partial charge on any atom is 0.253 e. The van der Waals surface area contributed by atoms with Crippen LogP contribution in [0, 0.1) is 0 Å². The normalized spacial score (nSPS) is 19.0. The van der Waals surface area contributed by atoms with Gasteiger partial charge in [0.25, 0.3) is 5.91 Å². The summed E-state index contributed by atoms with van der Waals surface area (Å²) in [6, 6.07) is 14.9. The number of nitrogens with zero attached hydrogens (tertiary/aromatic N) is 4. The van der Waals surface area contributed by atoms with Gasteiger partial charge < -0.3 is 19.6 Å². The van der Waals surface area contributed by atoms with Crippen molar-refractivity contribution >= 4 is 32.5 Å². The molecule has 46 heavy (non-hydrogen) atoms. The second-order valence-electron chi connectivity index (χ2n) is 12.7. The number of allylic oxidation sites excluding steroid dienone is 3. The lowest BCUT2D eigenvalue weighted by molar-refractivity contribution is 0.0703. The van der Waals surface area contributed by atoms with E-state index in [0.29, 0.717) is 28.6 Å².